The Kier molecular flexibility index (Phi) is 6.38. The molecule has 24 heavy (non-hydrogen) atoms. The summed E-state index contributed by atoms with van der Waals surface area (Å²) in [6.45, 7) is 12.3. The minimum Gasteiger partial charge on any atom is -0.369 e. The molecule has 0 aliphatic carbocycles. The van der Waals surface area contributed by atoms with Gasteiger partial charge < -0.3 is 9.64 Å². The molecule has 0 aromatic heterocycles. The molecular formula is C21H30N2O. The highest BCUT2D eigenvalue weighted by atomic mass is 16.5. The summed E-state index contributed by atoms with van der Waals surface area (Å²) in [5.74, 6) is 0. The van der Waals surface area contributed by atoms with Gasteiger partial charge >= 0.3 is 0 Å². The number of fused-ring (bicyclic) bond motifs is 1. The third kappa shape index (κ3) is 4.57. The molecule has 3 heteroatoms. The summed E-state index contributed by atoms with van der Waals surface area (Å²) in [4.78, 5) is 6.73. The molecule has 1 heterocycles. The van der Waals surface area contributed by atoms with E-state index in [0.717, 1.165) is 25.3 Å². The van der Waals surface area contributed by atoms with Crippen LogP contribution in [0.3, 0.4) is 0 Å². The van der Waals surface area contributed by atoms with Crippen molar-refractivity contribution in [3.05, 3.63) is 52.1 Å². The molecule has 1 atom stereocenters. The van der Waals surface area contributed by atoms with Crippen molar-refractivity contribution >= 4 is 12.0 Å². The second-order valence-corrected chi connectivity index (χ2v) is 6.81. The Morgan fingerprint density at radius 1 is 1.29 bits per heavy atom. The van der Waals surface area contributed by atoms with Crippen LogP contribution in [0, 0.1) is 6.92 Å². The molecule has 1 aliphatic heterocycles. The molecule has 0 bridgehead atoms. The van der Waals surface area contributed by atoms with Crippen LogP contribution in [0.15, 0.2) is 40.4 Å². The SMILES string of the molecule is CCN(C)/C=N/c1cc2c(cc1C)C(/C(C)=C/C=C(C)C)OCC2. The molecular weight excluding hydrogens is 296 g/mol. The summed E-state index contributed by atoms with van der Waals surface area (Å²) in [5.41, 5.74) is 7.44. The molecule has 0 saturated carbocycles. The highest BCUT2D eigenvalue weighted by Crippen LogP contribution is 2.36. The molecule has 130 valence electrons. The van der Waals surface area contributed by atoms with Crippen LogP contribution in [0.1, 0.15) is 50.5 Å². The molecule has 3 nitrogen and oxygen atoms in total. The van der Waals surface area contributed by atoms with E-state index in [0.29, 0.717) is 0 Å². The highest BCUT2D eigenvalue weighted by molar-refractivity contribution is 5.64. The number of allylic oxidation sites excluding steroid dienone is 3. The average Bonchev–Trinajstić information content (AvgIpc) is 2.56. The Hall–Kier alpha value is -1.87. The molecule has 0 fully saturated rings. The Morgan fingerprint density at radius 3 is 2.71 bits per heavy atom. The third-order valence-electron chi connectivity index (χ3n) is 4.38. The van der Waals surface area contributed by atoms with E-state index in [1.807, 2.05) is 13.4 Å². The standard InChI is InChI=1S/C21H30N2O/c1-7-23(6)14-22-20-13-18-10-11-24-21(19(18)12-17(20)5)16(4)9-8-15(2)3/h8-9,12-14,21H,7,10-11H2,1-6H3/b16-9+,22-14+. The molecule has 1 unspecified atom stereocenters. The molecule has 0 N–H and O–H groups in total. The van der Waals surface area contributed by atoms with Crippen molar-refractivity contribution in [1.82, 2.24) is 4.90 Å². The number of aryl methyl sites for hydroxylation is 1. The summed E-state index contributed by atoms with van der Waals surface area (Å²) in [7, 11) is 2.04. The van der Waals surface area contributed by atoms with E-state index in [9.17, 15) is 0 Å². The van der Waals surface area contributed by atoms with E-state index in [-0.39, 0.29) is 6.10 Å². The zero-order chi connectivity index (χ0) is 17.7. The fourth-order valence-electron chi connectivity index (χ4n) is 2.74. The van der Waals surface area contributed by atoms with Gasteiger partial charge in [0, 0.05) is 13.6 Å². The molecule has 1 aromatic rings. The van der Waals surface area contributed by atoms with Crippen LogP contribution in [-0.4, -0.2) is 31.4 Å². The average molecular weight is 326 g/mol. The number of ether oxygens (including phenoxy) is 1. The van der Waals surface area contributed by atoms with E-state index >= 15 is 0 Å². The lowest BCUT2D eigenvalue weighted by molar-refractivity contribution is 0.0671. The van der Waals surface area contributed by atoms with Gasteiger partial charge in [0.05, 0.1) is 18.6 Å². The number of hydrogen-bond donors (Lipinski definition) is 0. The first kappa shape index (κ1) is 18.5. The lowest BCUT2D eigenvalue weighted by atomic mass is 9.91. The van der Waals surface area contributed by atoms with Crippen molar-refractivity contribution in [3.63, 3.8) is 0 Å². The minimum atomic E-state index is 0.0550. The third-order valence-corrected chi connectivity index (χ3v) is 4.38. The first-order valence-electron chi connectivity index (χ1n) is 8.73. The van der Waals surface area contributed by atoms with Gasteiger partial charge in [-0.2, -0.15) is 0 Å². The Bertz CT molecular complexity index is 667. The van der Waals surface area contributed by atoms with Gasteiger partial charge in [-0.05, 0) is 69.4 Å². The van der Waals surface area contributed by atoms with Crippen LogP contribution in [-0.2, 0) is 11.2 Å². The van der Waals surface area contributed by atoms with Gasteiger partial charge in [0.1, 0.15) is 6.10 Å². The molecule has 0 radical (unpaired) electrons. The van der Waals surface area contributed by atoms with Crippen LogP contribution in [0.25, 0.3) is 0 Å². The maximum Gasteiger partial charge on any atom is 0.104 e. The number of nitrogens with zero attached hydrogens (tertiary/aromatic N) is 2. The highest BCUT2D eigenvalue weighted by Gasteiger charge is 2.23. The van der Waals surface area contributed by atoms with E-state index < -0.39 is 0 Å². The maximum atomic E-state index is 6.06. The molecule has 0 amide bonds. The van der Waals surface area contributed by atoms with Crippen molar-refractivity contribution < 1.29 is 4.74 Å². The number of benzene rings is 1. The fourth-order valence-corrected chi connectivity index (χ4v) is 2.74. The summed E-state index contributed by atoms with van der Waals surface area (Å²) >= 11 is 0. The summed E-state index contributed by atoms with van der Waals surface area (Å²) in [6.07, 6.45) is 7.24. The van der Waals surface area contributed by atoms with Crippen LogP contribution in [0.2, 0.25) is 0 Å². The Morgan fingerprint density at radius 2 is 2.04 bits per heavy atom. The van der Waals surface area contributed by atoms with Gasteiger partial charge in [0.2, 0.25) is 0 Å². The lowest BCUT2D eigenvalue weighted by Crippen LogP contribution is -2.17. The topological polar surface area (TPSA) is 24.8 Å². The van der Waals surface area contributed by atoms with Crippen LogP contribution in [0.5, 0.6) is 0 Å². The van der Waals surface area contributed by atoms with Crippen molar-refractivity contribution in [3.8, 4) is 0 Å². The minimum absolute atomic E-state index is 0.0550. The monoisotopic (exact) mass is 326 g/mol. The van der Waals surface area contributed by atoms with E-state index in [2.05, 4.69) is 68.8 Å². The second kappa shape index (κ2) is 8.29. The first-order chi connectivity index (χ1) is 11.4. The number of rotatable bonds is 5. The van der Waals surface area contributed by atoms with Crippen molar-refractivity contribution in [2.45, 2.75) is 47.1 Å². The predicted molar refractivity (Wildman–Crippen MR) is 103 cm³/mol. The van der Waals surface area contributed by atoms with Crippen LogP contribution in [0.4, 0.5) is 5.69 Å². The van der Waals surface area contributed by atoms with Crippen molar-refractivity contribution in [1.29, 1.82) is 0 Å². The lowest BCUT2D eigenvalue weighted by Gasteiger charge is -2.28. The van der Waals surface area contributed by atoms with Gasteiger partial charge in [-0.15, -0.1) is 0 Å². The smallest absolute Gasteiger partial charge is 0.104 e. The molecule has 2 rings (SSSR count). The van der Waals surface area contributed by atoms with Gasteiger partial charge in [0.15, 0.2) is 0 Å². The Labute approximate surface area is 146 Å². The fraction of sp³-hybridized carbons (Fsp3) is 0.476. The molecule has 0 spiro atoms. The molecule has 1 aliphatic rings. The van der Waals surface area contributed by atoms with Crippen molar-refractivity contribution in [2.24, 2.45) is 4.99 Å². The molecule has 1 aromatic carbocycles. The number of hydrogen-bond acceptors (Lipinski definition) is 2. The van der Waals surface area contributed by atoms with Crippen molar-refractivity contribution in [2.75, 3.05) is 20.2 Å². The van der Waals surface area contributed by atoms with E-state index in [4.69, 9.17) is 4.74 Å². The van der Waals surface area contributed by atoms with E-state index in [1.165, 1.54) is 27.8 Å². The van der Waals surface area contributed by atoms with Gasteiger partial charge in [0.25, 0.3) is 0 Å². The summed E-state index contributed by atoms with van der Waals surface area (Å²) < 4.78 is 6.06. The summed E-state index contributed by atoms with van der Waals surface area (Å²) in [6, 6.07) is 4.48. The molecule has 0 saturated heterocycles. The number of aliphatic imine (C=N–C) groups is 1. The van der Waals surface area contributed by atoms with Crippen LogP contribution >= 0.6 is 0 Å². The van der Waals surface area contributed by atoms with E-state index in [1.54, 1.807) is 0 Å². The van der Waals surface area contributed by atoms with Gasteiger partial charge in [-0.25, -0.2) is 4.99 Å². The zero-order valence-electron chi connectivity index (χ0n) is 15.9. The van der Waals surface area contributed by atoms with Gasteiger partial charge in [-0.1, -0.05) is 23.8 Å². The first-order valence-corrected chi connectivity index (χ1v) is 8.73. The maximum absolute atomic E-state index is 6.06. The largest absolute Gasteiger partial charge is 0.369 e. The van der Waals surface area contributed by atoms with Gasteiger partial charge in [-0.3, -0.25) is 0 Å². The quantitative estimate of drug-likeness (QED) is 0.425. The summed E-state index contributed by atoms with van der Waals surface area (Å²) in [5, 5.41) is 0. The van der Waals surface area contributed by atoms with Crippen LogP contribution < -0.4 is 0 Å². The zero-order valence-corrected chi connectivity index (χ0v) is 15.9. The normalized spacial score (nSPS) is 17.8. The second-order valence-electron chi connectivity index (χ2n) is 6.81. The Balaban J connectivity index is 2.35. The predicted octanol–water partition coefficient (Wildman–Crippen LogP) is 5.13.